The van der Waals surface area contributed by atoms with Crippen LogP contribution in [0.15, 0.2) is 82.6 Å². The number of benzene rings is 3. The molecule has 0 saturated carbocycles. The number of aryl methyl sites for hydroxylation is 5. The van der Waals surface area contributed by atoms with Crippen LogP contribution in [0.2, 0.25) is 0 Å². The zero-order valence-corrected chi connectivity index (χ0v) is 29.1. The quantitative estimate of drug-likeness (QED) is 0.143. The Balaban J connectivity index is 1.37. The van der Waals surface area contributed by atoms with Crippen molar-refractivity contribution in [2.24, 2.45) is 0 Å². The first kappa shape index (κ1) is 36.0. The molecule has 6 rings (SSSR count). The van der Waals surface area contributed by atoms with E-state index in [0.717, 1.165) is 23.3 Å². The highest BCUT2D eigenvalue weighted by Crippen LogP contribution is 2.27. The number of aromatic nitrogens is 4. The van der Waals surface area contributed by atoms with Gasteiger partial charge in [0, 0.05) is 37.3 Å². The topological polar surface area (TPSA) is 176 Å². The molecule has 1 unspecified atom stereocenters. The summed E-state index contributed by atoms with van der Waals surface area (Å²) in [6.45, 7) is 4.21. The monoisotopic (exact) mass is 728 g/mol. The largest absolute Gasteiger partial charge is 0.480 e. The van der Waals surface area contributed by atoms with Gasteiger partial charge in [-0.2, -0.15) is 4.72 Å². The molecule has 1 atom stereocenters. The molecule has 6 aromatic rings. The SMILES string of the molecule is Cc1cc(C)c(S(=O)(=O)NC(CNC(=O)c2cc(=O)c3cc(F)c(Cc4nc5cccnc5[nH]4)c(F)c3n2CCc2ccccc2)C(=O)O)c(C)c1. The lowest BCUT2D eigenvalue weighted by Crippen LogP contribution is -2.48. The molecule has 0 aliphatic rings. The van der Waals surface area contributed by atoms with E-state index in [0.29, 0.717) is 22.3 Å². The molecular weight excluding hydrogens is 695 g/mol. The van der Waals surface area contributed by atoms with E-state index in [2.05, 4.69) is 25.0 Å². The van der Waals surface area contributed by atoms with Crippen molar-refractivity contribution < 1.29 is 31.9 Å². The van der Waals surface area contributed by atoms with Gasteiger partial charge in [0.15, 0.2) is 16.9 Å². The third-order valence-corrected chi connectivity index (χ3v) is 10.4. The summed E-state index contributed by atoms with van der Waals surface area (Å²) in [4.78, 5) is 50.7. The molecule has 0 bridgehead atoms. The number of aromatic amines is 1. The van der Waals surface area contributed by atoms with Crippen molar-refractivity contribution in [1.82, 2.24) is 29.6 Å². The Kier molecular flexibility index (Phi) is 10.00. The van der Waals surface area contributed by atoms with E-state index in [1.807, 2.05) is 18.2 Å². The number of nitrogens with zero attached hydrogens (tertiary/aromatic N) is 3. The molecule has 4 N–H and O–H groups in total. The number of rotatable bonds is 12. The van der Waals surface area contributed by atoms with E-state index in [4.69, 9.17) is 0 Å². The van der Waals surface area contributed by atoms with Gasteiger partial charge in [0.2, 0.25) is 10.0 Å². The van der Waals surface area contributed by atoms with Crippen molar-refractivity contribution in [2.75, 3.05) is 6.54 Å². The third-order valence-electron chi connectivity index (χ3n) is 8.67. The van der Waals surface area contributed by atoms with Gasteiger partial charge in [0.1, 0.15) is 28.9 Å². The first-order valence-electron chi connectivity index (χ1n) is 16.2. The molecule has 52 heavy (non-hydrogen) atoms. The summed E-state index contributed by atoms with van der Waals surface area (Å²) < 4.78 is 62.2. The number of imidazole rings is 1. The van der Waals surface area contributed by atoms with Crippen LogP contribution in [0.3, 0.4) is 0 Å². The molecular formula is C37H34F2N6O6S. The summed E-state index contributed by atoms with van der Waals surface area (Å²) in [6.07, 6.45) is 1.49. The summed E-state index contributed by atoms with van der Waals surface area (Å²) in [5, 5.41) is 12.0. The van der Waals surface area contributed by atoms with Gasteiger partial charge in [-0.15, -0.1) is 0 Å². The van der Waals surface area contributed by atoms with Crippen LogP contribution in [-0.4, -0.2) is 57.5 Å². The summed E-state index contributed by atoms with van der Waals surface area (Å²) >= 11 is 0. The maximum atomic E-state index is 16.6. The maximum Gasteiger partial charge on any atom is 0.323 e. The van der Waals surface area contributed by atoms with E-state index < -0.39 is 57.1 Å². The summed E-state index contributed by atoms with van der Waals surface area (Å²) in [7, 11) is -4.36. The van der Waals surface area contributed by atoms with E-state index in [1.54, 1.807) is 63.4 Å². The molecule has 0 saturated heterocycles. The fourth-order valence-corrected chi connectivity index (χ4v) is 8.06. The second kappa shape index (κ2) is 14.4. The van der Waals surface area contributed by atoms with Crippen molar-refractivity contribution in [2.45, 2.75) is 51.1 Å². The lowest BCUT2D eigenvalue weighted by atomic mass is 10.0. The fourth-order valence-electron chi connectivity index (χ4n) is 6.41. The number of carbonyl (C=O) groups is 2. The van der Waals surface area contributed by atoms with Crippen molar-refractivity contribution in [3.8, 4) is 0 Å². The molecule has 0 fully saturated rings. The van der Waals surface area contributed by atoms with Crippen LogP contribution in [0.1, 0.15) is 44.1 Å². The van der Waals surface area contributed by atoms with E-state index in [1.165, 1.54) is 4.57 Å². The minimum absolute atomic E-state index is 0.0406. The van der Waals surface area contributed by atoms with Gasteiger partial charge in [-0.1, -0.05) is 48.0 Å². The highest BCUT2D eigenvalue weighted by atomic mass is 32.2. The van der Waals surface area contributed by atoms with Crippen LogP contribution < -0.4 is 15.5 Å². The van der Waals surface area contributed by atoms with Gasteiger partial charge in [-0.05, 0) is 62.1 Å². The highest BCUT2D eigenvalue weighted by molar-refractivity contribution is 7.89. The second-order valence-corrected chi connectivity index (χ2v) is 14.2. The Bertz CT molecular complexity index is 2480. The van der Waals surface area contributed by atoms with Gasteiger partial charge < -0.3 is 20.0 Å². The zero-order chi connectivity index (χ0) is 37.3. The number of H-pyrrole nitrogens is 1. The number of amides is 1. The Morgan fingerprint density at radius 3 is 2.38 bits per heavy atom. The number of pyridine rings is 2. The normalized spacial score (nSPS) is 12.3. The van der Waals surface area contributed by atoms with E-state index in [-0.39, 0.29) is 46.7 Å². The van der Waals surface area contributed by atoms with Crippen LogP contribution in [0.25, 0.3) is 22.1 Å². The number of sulfonamides is 1. The minimum Gasteiger partial charge on any atom is -0.480 e. The van der Waals surface area contributed by atoms with E-state index >= 15 is 8.78 Å². The van der Waals surface area contributed by atoms with Crippen LogP contribution in [0.5, 0.6) is 0 Å². The predicted molar refractivity (Wildman–Crippen MR) is 190 cm³/mol. The highest BCUT2D eigenvalue weighted by Gasteiger charge is 2.29. The van der Waals surface area contributed by atoms with Crippen LogP contribution in [-0.2, 0) is 34.2 Å². The number of carboxylic acids is 1. The summed E-state index contributed by atoms with van der Waals surface area (Å²) in [6, 6.07) is 15.7. The van der Waals surface area contributed by atoms with Crippen molar-refractivity contribution in [1.29, 1.82) is 0 Å². The van der Waals surface area contributed by atoms with E-state index in [9.17, 15) is 27.9 Å². The second-order valence-electron chi connectivity index (χ2n) is 12.5. The van der Waals surface area contributed by atoms with Gasteiger partial charge in [0.05, 0.1) is 15.8 Å². The molecule has 0 spiro atoms. The molecule has 0 aliphatic carbocycles. The van der Waals surface area contributed by atoms with Gasteiger partial charge in [-0.3, -0.25) is 14.4 Å². The number of fused-ring (bicyclic) bond motifs is 2. The Morgan fingerprint density at radius 1 is 1.00 bits per heavy atom. The number of aliphatic carboxylic acids is 1. The number of nitrogens with one attached hydrogen (secondary N) is 3. The number of halogens is 2. The lowest BCUT2D eigenvalue weighted by Gasteiger charge is -2.20. The fraction of sp³-hybridized carbons (Fsp3) is 0.216. The smallest absolute Gasteiger partial charge is 0.323 e. The summed E-state index contributed by atoms with van der Waals surface area (Å²) in [5.74, 6) is -4.40. The Hall–Kier alpha value is -5.80. The molecule has 12 nitrogen and oxygen atoms in total. The number of hydrogen-bond donors (Lipinski definition) is 4. The number of hydrogen-bond acceptors (Lipinski definition) is 7. The molecule has 0 radical (unpaired) electrons. The maximum absolute atomic E-state index is 16.6. The lowest BCUT2D eigenvalue weighted by molar-refractivity contribution is -0.138. The Labute approximate surface area is 296 Å². The van der Waals surface area contributed by atoms with Crippen molar-refractivity contribution in [3.05, 3.63) is 134 Å². The van der Waals surface area contributed by atoms with Gasteiger partial charge in [-0.25, -0.2) is 27.2 Å². The zero-order valence-electron chi connectivity index (χ0n) is 28.3. The molecule has 1 amide bonds. The van der Waals surface area contributed by atoms with Crippen LogP contribution in [0.4, 0.5) is 8.78 Å². The average Bonchev–Trinajstić information content (AvgIpc) is 3.50. The number of carboxylic acid groups (broad SMARTS) is 1. The van der Waals surface area contributed by atoms with Gasteiger partial charge in [0.25, 0.3) is 5.91 Å². The minimum atomic E-state index is -4.36. The standard InChI is InChI=1S/C37H34F2N6O6S/c1-20-14-21(2)34(22(3)15-20)52(50,51)44-28(37(48)49)19-41-36(47)29-18-30(46)25-16-26(38)24(17-31-42-27-10-7-12-40-35(27)43-31)32(39)33(25)45(29)13-11-23-8-5-4-6-9-23/h4-10,12,14-16,18,28,44H,11,13,17,19H2,1-3H3,(H,41,47)(H,48,49)(H,40,42,43). The average molecular weight is 729 g/mol. The first-order chi connectivity index (χ1) is 24.7. The predicted octanol–water partition coefficient (Wildman–Crippen LogP) is 4.47. The van der Waals surface area contributed by atoms with Crippen LogP contribution >= 0.6 is 0 Å². The summed E-state index contributed by atoms with van der Waals surface area (Å²) in [5.41, 5.74) is 1.44. The number of carbonyl (C=O) groups excluding carboxylic acids is 1. The van der Waals surface area contributed by atoms with Gasteiger partial charge >= 0.3 is 5.97 Å². The first-order valence-corrected chi connectivity index (χ1v) is 17.7. The molecule has 3 aromatic carbocycles. The third kappa shape index (κ3) is 7.31. The van der Waals surface area contributed by atoms with Crippen molar-refractivity contribution >= 4 is 44.0 Å². The van der Waals surface area contributed by atoms with Crippen LogP contribution in [0, 0.1) is 32.4 Å². The molecule has 268 valence electrons. The molecule has 3 heterocycles. The molecule has 15 heteroatoms. The Morgan fingerprint density at radius 2 is 1.71 bits per heavy atom. The van der Waals surface area contributed by atoms with Crippen molar-refractivity contribution in [3.63, 3.8) is 0 Å². The molecule has 0 aliphatic heterocycles. The molecule has 3 aromatic heterocycles.